The number of hydrogen-bond donors (Lipinski definition) is 1. The Labute approximate surface area is 82.8 Å². The molecule has 0 saturated carbocycles. The third kappa shape index (κ3) is 3.56. The maximum absolute atomic E-state index is 10.7. The molecule has 2 atom stereocenters. The highest BCUT2D eigenvalue weighted by Gasteiger charge is 2.23. The van der Waals surface area contributed by atoms with Gasteiger partial charge in [0.2, 0.25) is 0 Å². The van der Waals surface area contributed by atoms with E-state index in [0.29, 0.717) is 12.3 Å². The summed E-state index contributed by atoms with van der Waals surface area (Å²) in [4.78, 5) is 10.7. The van der Waals surface area contributed by atoms with E-state index >= 15 is 0 Å². The van der Waals surface area contributed by atoms with Gasteiger partial charge in [0.25, 0.3) is 0 Å². The van der Waals surface area contributed by atoms with Gasteiger partial charge in [-0.25, -0.2) is 4.79 Å². The molecule has 4 heteroatoms. The summed E-state index contributed by atoms with van der Waals surface area (Å²) < 4.78 is 4.91. The molecule has 1 aliphatic rings. The lowest BCUT2D eigenvalue weighted by Crippen LogP contribution is -2.27. The second kappa shape index (κ2) is 5.50. The molecule has 3 nitrogen and oxygen atoms in total. The van der Waals surface area contributed by atoms with Crippen LogP contribution in [0.15, 0.2) is 0 Å². The van der Waals surface area contributed by atoms with E-state index in [1.165, 1.54) is 19.3 Å². The van der Waals surface area contributed by atoms with Gasteiger partial charge in [-0.2, -0.15) is 11.8 Å². The zero-order valence-electron chi connectivity index (χ0n) is 7.86. The fourth-order valence-electron chi connectivity index (χ4n) is 1.59. The van der Waals surface area contributed by atoms with Crippen molar-refractivity contribution in [1.82, 2.24) is 0 Å². The molecule has 0 bridgehead atoms. The van der Waals surface area contributed by atoms with Gasteiger partial charge < -0.3 is 9.84 Å². The predicted molar refractivity (Wildman–Crippen MR) is 53.1 cm³/mol. The van der Waals surface area contributed by atoms with Crippen molar-refractivity contribution in [2.45, 2.75) is 25.4 Å². The van der Waals surface area contributed by atoms with Crippen LogP contribution in [0.25, 0.3) is 0 Å². The van der Waals surface area contributed by atoms with E-state index in [-0.39, 0.29) is 0 Å². The van der Waals surface area contributed by atoms with E-state index in [0.717, 1.165) is 12.2 Å². The number of carboxylic acids is 1. The minimum atomic E-state index is -0.835. The van der Waals surface area contributed by atoms with Gasteiger partial charge in [-0.1, -0.05) is 0 Å². The lowest BCUT2D eigenvalue weighted by molar-refractivity contribution is -0.149. The van der Waals surface area contributed by atoms with Crippen LogP contribution in [0, 0.1) is 5.92 Å². The van der Waals surface area contributed by atoms with Crippen LogP contribution in [-0.2, 0) is 9.53 Å². The second-order valence-electron chi connectivity index (χ2n) is 3.38. The van der Waals surface area contributed by atoms with Gasteiger partial charge >= 0.3 is 5.97 Å². The topological polar surface area (TPSA) is 46.5 Å². The van der Waals surface area contributed by atoms with Crippen LogP contribution < -0.4 is 0 Å². The number of hydrogen-bond acceptors (Lipinski definition) is 3. The zero-order chi connectivity index (χ0) is 9.68. The molecule has 1 fully saturated rings. The summed E-state index contributed by atoms with van der Waals surface area (Å²) in [5.41, 5.74) is 0. The summed E-state index contributed by atoms with van der Waals surface area (Å²) in [6.07, 6.45) is 2.42. The summed E-state index contributed by atoms with van der Waals surface area (Å²) in [6, 6.07) is 0. The highest BCUT2D eigenvalue weighted by molar-refractivity contribution is 7.99. The first-order valence-corrected chi connectivity index (χ1v) is 5.73. The van der Waals surface area contributed by atoms with E-state index in [1.807, 2.05) is 11.8 Å². The Kier molecular flexibility index (Phi) is 4.59. The largest absolute Gasteiger partial charge is 0.479 e. The van der Waals surface area contributed by atoms with Crippen LogP contribution in [0.5, 0.6) is 0 Å². The first-order valence-electron chi connectivity index (χ1n) is 4.57. The Morgan fingerprint density at radius 3 is 3.00 bits per heavy atom. The van der Waals surface area contributed by atoms with Gasteiger partial charge in [0.15, 0.2) is 6.10 Å². The minimum absolute atomic E-state index is 0.528. The summed E-state index contributed by atoms with van der Waals surface area (Å²) in [5.74, 6) is 2.01. The highest BCUT2D eigenvalue weighted by atomic mass is 32.2. The van der Waals surface area contributed by atoms with Crippen molar-refractivity contribution < 1.29 is 14.6 Å². The number of carbonyl (C=O) groups is 1. The third-order valence-electron chi connectivity index (χ3n) is 2.36. The quantitative estimate of drug-likeness (QED) is 0.756. The van der Waals surface area contributed by atoms with Crippen molar-refractivity contribution in [3.05, 3.63) is 0 Å². The molecule has 0 amide bonds. The van der Waals surface area contributed by atoms with E-state index in [4.69, 9.17) is 9.84 Å². The Bertz CT molecular complexity index is 166. The predicted octanol–water partition coefficient (Wildman–Crippen LogP) is 1.62. The van der Waals surface area contributed by atoms with Crippen LogP contribution in [0.4, 0.5) is 0 Å². The number of carboxylic acid groups (broad SMARTS) is 1. The number of methoxy groups -OCH3 is 1. The van der Waals surface area contributed by atoms with Gasteiger partial charge in [0.1, 0.15) is 0 Å². The Morgan fingerprint density at radius 2 is 2.54 bits per heavy atom. The molecular formula is C9H16O3S. The Hall–Kier alpha value is -0.220. The number of rotatable bonds is 4. The summed E-state index contributed by atoms with van der Waals surface area (Å²) >= 11 is 1.92. The molecule has 1 heterocycles. The van der Waals surface area contributed by atoms with Gasteiger partial charge in [-0.3, -0.25) is 0 Å². The lowest BCUT2D eigenvalue weighted by Gasteiger charge is -2.23. The van der Waals surface area contributed by atoms with Crippen molar-refractivity contribution in [2.24, 2.45) is 5.92 Å². The maximum atomic E-state index is 10.7. The zero-order valence-corrected chi connectivity index (χ0v) is 8.68. The maximum Gasteiger partial charge on any atom is 0.332 e. The fourth-order valence-corrected chi connectivity index (χ4v) is 2.77. The van der Waals surface area contributed by atoms with Crippen LogP contribution in [-0.4, -0.2) is 35.8 Å². The average Bonchev–Trinajstić information content (AvgIpc) is 2.15. The molecule has 0 aromatic heterocycles. The summed E-state index contributed by atoms with van der Waals surface area (Å²) in [5, 5.41) is 8.77. The molecular weight excluding hydrogens is 188 g/mol. The van der Waals surface area contributed by atoms with Crippen molar-refractivity contribution in [3.8, 4) is 0 Å². The van der Waals surface area contributed by atoms with Crippen LogP contribution in [0.2, 0.25) is 0 Å². The van der Waals surface area contributed by atoms with Crippen molar-refractivity contribution >= 4 is 17.7 Å². The van der Waals surface area contributed by atoms with Gasteiger partial charge in [-0.05, 0) is 36.7 Å². The summed E-state index contributed by atoms with van der Waals surface area (Å²) in [7, 11) is 1.47. The molecule has 1 N–H and O–H groups in total. The molecule has 13 heavy (non-hydrogen) atoms. The molecule has 1 rings (SSSR count). The van der Waals surface area contributed by atoms with Gasteiger partial charge in [0.05, 0.1) is 0 Å². The monoisotopic (exact) mass is 204 g/mol. The van der Waals surface area contributed by atoms with E-state index in [2.05, 4.69) is 0 Å². The molecule has 0 aliphatic carbocycles. The Balaban J connectivity index is 2.31. The number of thioether (sulfide) groups is 1. The van der Waals surface area contributed by atoms with E-state index < -0.39 is 12.1 Å². The molecule has 0 aromatic rings. The van der Waals surface area contributed by atoms with Gasteiger partial charge in [0, 0.05) is 7.11 Å². The van der Waals surface area contributed by atoms with Crippen molar-refractivity contribution in [3.63, 3.8) is 0 Å². The summed E-state index contributed by atoms with van der Waals surface area (Å²) in [6.45, 7) is 0. The normalized spacial score (nSPS) is 25.5. The van der Waals surface area contributed by atoms with E-state index in [1.54, 1.807) is 0 Å². The molecule has 76 valence electrons. The number of aliphatic carboxylic acids is 1. The second-order valence-corrected chi connectivity index (χ2v) is 4.53. The standard InChI is InChI=1S/C9H16O3S/c1-12-8(9(10)11)5-7-3-2-4-13-6-7/h7-8H,2-6H2,1H3,(H,10,11). The van der Waals surface area contributed by atoms with Gasteiger partial charge in [-0.15, -0.1) is 0 Å². The lowest BCUT2D eigenvalue weighted by atomic mass is 9.98. The molecule has 0 radical (unpaired) electrons. The van der Waals surface area contributed by atoms with Crippen molar-refractivity contribution in [2.75, 3.05) is 18.6 Å². The number of ether oxygens (including phenoxy) is 1. The molecule has 1 aliphatic heterocycles. The Morgan fingerprint density at radius 1 is 1.77 bits per heavy atom. The van der Waals surface area contributed by atoms with E-state index in [9.17, 15) is 4.79 Å². The van der Waals surface area contributed by atoms with Crippen LogP contribution in [0.1, 0.15) is 19.3 Å². The molecule has 1 saturated heterocycles. The SMILES string of the molecule is COC(CC1CCCSC1)C(=O)O. The fraction of sp³-hybridized carbons (Fsp3) is 0.889. The minimum Gasteiger partial charge on any atom is -0.479 e. The first kappa shape index (κ1) is 10.9. The highest BCUT2D eigenvalue weighted by Crippen LogP contribution is 2.26. The van der Waals surface area contributed by atoms with Crippen LogP contribution in [0.3, 0.4) is 0 Å². The smallest absolute Gasteiger partial charge is 0.332 e. The molecule has 2 unspecified atom stereocenters. The van der Waals surface area contributed by atoms with Crippen LogP contribution >= 0.6 is 11.8 Å². The first-order chi connectivity index (χ1) is 6.24. The third-order valence-corrected chi connectivity index (χ3v) is 3.65. The average molecular weight is 204 g/mol. The molecule has 0 aromatic carbocycles. The molecule has 0 spiro atoms. The van der Waals surface area contributed by atoms with Crippen molar-refractivity contribution in [1.29, 1.82) is 0 Å².